The van der Waals surface area contributed by atoms with Crippen LogP contribution in [0.25, 0.3) is 10.8 Å². The van der Waals surface area contributed by atoms with Gasteiger partial charge in [0.1, 0.15) is 35.1 Å². The van der Waals surface area contributed by atoms with E-state index in [0.717, 1.165) is 19.6 Å². The van der Waals surface area contributed by atoms with E-state index < -0.39 is 95.1 Å². The van der Waals surface area contributed by atoms with Crippen LogP contribution in [-0.4, -0.2) is 180 Å². The highest BCUT2D eigenvalue weighted by Gasteiger charge is 2.50. The molecule has 0 radical (unpaired) electrons. The number of amides is 2. The summed E-state index contributed by atoms with van der Waals surface area (Å²) in [6, 6.07) is 0. The van der Waals surface area contributed by atoms with Crippen molar-refractivity contribution >= 4 is 40.0 Å². The molecule has 406 valence electrons. The van der Waals surface area contributed by atoms with E-state index in [1.807, 2.05) is 14.1 Å². The van der Waals surface area contributed by atoms with E-state index in [0.29, 0.717) is 58.0 Å². The summed E-state index contributed by atoms with van der Waals surface area (Å²) in [6.45, 7) is 22.1. The summed E-state index contributed by atoms with van der Waals surface area (Å²) in [7, 11) is 5.47. The van der Waals surface area contributed by atoms with Crippen molar-refractivity contribution in [3.63, 3.8) is 0 Å². The standard InChI is InChI=1S/C55H79N7O12/c1-30(2)29-61-19-17-55(18-20-61)57-43-40-41-48(67)36(8)51-42(40)52(69)54(9,74-51)72-27-16-37(71-12)33(5)50(73-39(64)28-38(63)62-25-23-60(24-26-62)22-21-59(10)11)35(7)47(66)34(6)46(65)31(3)14-13-15-32(4)53(70)56-45(49(41)68)44(43)58-55/h13-16,27,30-31,33-35,37,46-47,50,65-68H,17-26,28-29H2,1-12H3,(H,56,70)/b14-13+,27-16+,32-15-/t31-,33+,34+,35+,37-,46-,47+,50+,54-/m0/s1. The minimum absolute atomic E-state index is 0.0113. The molecule has 2 aromatic rings. The number of nitrogens with one attached hydrogen (secondary N) is 1. The molecule has 6 heterocycles. The molecule has 0 unspecified atom stereocenters. The Morgan fingerprint density at radius 2 is 1.55 bits per heavy atom. The van der Waals surface area contributed by atoms with Crippen LogP contribution < -0.4 is 20.8 Å². The minimum atomic E-state index is -2.02. The lowest BCUT2D eigenvalue weighted by molar-refractivity contribution is -0.165. The zero-order chi connectivity index (χ0) is 54.1. The Bertz CT molecular complexity index is 2690. The summed E-state index contributed by atoms with van der Waals surface area (Å²) in [4.78, 5) is 75.1. The Kier molecular flexibility index (Phi) is 17.3. The van der Waals surface area contributed by atoms with Gasteiger partial charge in [0.2, 0.25) is 5.91 Å². The van der Waals surface area contributed by atoms with Crippen LogP contribution in [0, 0.1) is 36.5 Å². The van der Waals surface area contributed by atoms with Crippen molar-refractivity contribution in [2.75, 3.05) is 85.4 Å². The minimum Gasteiger partial charge on any atom is -0.507 e. The largest absolute Gasteiger partial charge is 0.507 e. The molecule has 0 saturated carbocycles. The van der Waals surface area contributed by atoms with Gasteiger partial charge in [-0.05, 0) is 39.9 Å². The molecule has 2 amide bonds. The Balaban J connectivity index is 1.27. The quantitative estimate of drug-likeness (QED) is 0.136. The Morgan fingerprint density at radius 3 is 2.19 bits per heavy atom. The number of esters is 1. The molecule has 5 N–H and O–H groups in total. The average molecular weight is 1030 g/mol. The molecular formula is C55H79N7O12. The number of carbonyl (C=O) groups excluding carboxylic acids is 4. The van der Waals surface area contributed by atoms with E-state index in [2.05, 4.69) is 33.9 Å². The van der Waals surface area contributed by atoms with E-state index in [9.17, 15) is 39.6 Å². The second-order valence-electron chi connectivity index (χ2n) is 22.0. The number of likely N-dealkylation sites (N-methyl/N-ethyl adjacent to an activating group) is 1. The number of aliphatic hydroxyl groups excluding tert-OH is 2. The lowest BCUT2D eigenvalue weighted by atomic mass is 9.78. The van der Waals surface area contributed by atoms with E-state index in [4.69, 9.17) is 28.9 Å². The summed E-state index contributed by atoms with van der Waals surface area (Å²) >= 11 is 0. The fraction of sp³-hybridized carbons (Fsp3) is 0.636. The van der Waals surface area contributed by atoms with Gasteiger partial charge in [0, 0.05) is 126 Å². The van der Waals surface area contributed by atoms with Gasteiger partial charge in [-0.1, -0.05) is 59.8 Å². The number of hydrogen-bond acceptors (Lipinski definition) is 17. The zero-order valence-corrected chi connectivity index (χ0v) is 45.3. The molecule has 0 aliphatic carbocycles. The third-order valence-electron chi connectivity index (χ3n) is 15.7. The van der Waals surface area contributed by atoms with Crippen LogP contribution in [0.1, 0.15) is 90.6 Å². The predicted octanol–water partition coefficient (Wildman–Crippen LogP) is 3.83. The Hall–Kier alpha value is -5.44. The molecular weight excluding hydrogens is 951 g/mol. The molecule has 1 spiro atoms. The van der Waals surface area contributed by atoms with Crippen LogP contribution in [-0.2, 0) is 28.6 Å². The monoisotopic (exact) mass is 1030 g/mol. The zero-order valence-electron chi connectivity index (χ0n) is 45.3. The predicted molar refractivity (Wildman–Crippen MR) is 278 cm³/mol. The van der Waals surface area contributed by atoms with Crippen LogP contribution in [0.4, 0.5) is 5.69 Å². The van der Waals surface area contributed by atoms with E-state index >= 15 is 0 Å². The number of phenolic OH excluding ortho intramolecular Hbond substituents is 2. The number of allylic oxidation sites excluding steroid dienone is 2. The average Bonchev–Trinajstić information content (AvgIpc) is 3.86. The van der Waals surface area contributed by atoms with E-state index in [1.165, 1.54) is 26.4 Å². The van der Waals surface area contributed by atoms with Gasteiger partial charge in [0.15, 0.2) is 11.4 Å². The number of Topliss-reactive ketones (excluding diaryl/α,β-unsaturated/α-hetero) is 1. The van der Waals surface area contributed by atoms with Crippen molar-refractivity contribution in [1.29, 1.82) is 0 Å². The highest BCUT2D eigenvalue weighted by molar-refractivity contribution is 6.19. The third kappa shape index (κ3) is 11.5. The maximum absolute atomic E-state index is 15.0. The number of piperazine rings is 1. The van der Waals surface area contributed by atoms with Crippen molar-refractivity contribution in [2.24, 2.45) is 39.6 Å². The SMILES string of the molecule is CO[C@H]1/C=C/O[C@@]2(C)Oc3c(C)c(O)c4c(O)c(c5c(c4c3C2=O)=NC2(CCN(CC(C)C)CC2)N=5)NC(=O)/C(C)=C\C=C\[C@H](C)[C@H](O)[C@@H](C)[C@@H](O)[C@@H](C)[C@H](OC(=O)CC(=O)N2CCN(CCN(C)C)CC2)[C@@H]1C. The molecule has 8 rings (SSSR count). The molecule has 2 saturated heterocycles. The number of anilines is 1. The highest BCUT2D eigenvalue weighted by Crippen LogP contribution is 2.50. The molecule has 0 aromatic heterocycles. The van der Waals surface area contributed by atoms with Crippen molar-refractivity contribution in [1.82, 2.24) is 19.6 Å². The number of rotatable bonds is 9. The van der Waals surface area contributed by atoms with Crippen LogP contribution in [0.15, 0.2) is 46.1 Å². The normalized spacial score (nSPS) is 30.6. The number of fused-ring (bicyclic) bond motifs is 13. The van der Waals surface area contributed by atoms with Gasteiger partial charge < -0.3 is 59.4 Å². The number of phenols is 2. The maximum atomic E-state index is 15.0. The summed E-state index contributed by atoms with van der Waals surface area (Å²) in [5.74, 6) is -7.67. The van der Waals surface area contributed by atoms with Crippen molar-refractivity contribution < 1.29 is 58.6 Å². The number of hydrogen-bond donors (Lipinski definition) is 5. The lowest BCUT2D eigenvalue weighted by Gasteiger charge is -2.38. The molecule has 6 aliphatic rings. The third-order valence-corrected chi connectivity index (χ3v) is 15.7. The first-order chi connectivity index (χ1) is 34.9. The number of piperidine rings is 1. The first-order valence-electron chi connectivity index (χ1n) is 26.1. The van der Waals surface area contributed by atoms with Gasteiger partial charge >= 0.3 is 11.8 Å². The van der Waals surface area contributed by atoms with Gasteiger partial charge in [-0.25, -0.2) is 0 Å². The summed E-state index contributed by atoms with van der Waals surface area (Å²) in [6.07, 6.45) is 3.90. The van der Waals surface area contributed by atoms with Crippen molar-refractivity contribution in [3.8, 4) is 17.2 Å². The van der Waals surface area contributed by atoms with Crippen molar-refractivity contribution in [2.45, 2.75) is 117 Å². The molecule has 74 heavy (non-hydrogen) atoms. The number of benzene rings is 2. The van der Waals surface area contributed by atoms with E-state index in [-0.39, 0.29) is 55.5 Å². The molecule has 9 atom stereocenters. The first kappa shape index (κ1) is 56.3. The summed E-state index contributed by atoms with van der Waals surface area (Å²) in [5.41, 5.74) is -0.685. The van der Waals surface area contributed by atoms with Crippen molar-refractivity contribution in [3.05, 3.63) is 58.0 Å². The number of ketones is 1. The van der Waals surface area contributed by atoms with Gasteiger partial charge in [-0.2, -0.15) is 0 Å². The Morgan fingerprint density at radius 1 is 0.892 bits per heavy atom. The lowest BCUT2D eigenvalue weighted by Crippen LogP contribution is -2.50. The van der Waals surface area contributed by atoms with Crippen LogP contribution >= 0.6 is 0 Å². The van der Waals surface area contributed by atoms with Crippen LogP contribution in [0.2, 0.25) is 0 Å². The first-order valence-corrected chi connectivity index (χ1v) is 26.1. The second kappa shape index (κ2) is 22.8. The van der Waals surface area contributed by atoms with Gasteiger partial charge in [-0.3, -0.25) is 34.1 Å². The number of likely N-dealkylation sites (tertiary alicyclic amines) is 1. The number of aliphatic hydroxyl groups is 2. The number of methoxy groups -OCH3 is 1. The molecule has 19 nitrogen and oxygen atoms in total. The summed E-state index contributed by atoms with van der Waals surface area (Å²) in [5, 5.41) is 51.1. The second-order valence-corrected chi connectivity index (χ2v) is 22.0. The van der Waals surface area contributed by atoms with Gasteiger partial charge in [-0.15, -0.1) is 0 Å². The van der Waals surface area contributed by atoms with Crippen LogP contribution in [0.3, 0.4) is 0 Å². The number of aromatic hydroxyl groups is 2. The van der Waals surface area contributed by atoms with Gasteiger partial charge in [0.25, 0.3) is 11.7 Å². The molecule has 5 bridgehead atoms. The molecule has 19 heteroatoms. The topological polar surface area (TPSA) is 236 Å². The molecule has 6 aliphatic heterocycles. The van der Waals surface area contributed by atoms with E-state index in [1.54, 1.807) is 64.7 Å². The fourth-order valence-electron chi connectivity index (χ4n) is 11.0. The fourth-order valence-corrected chi connectivity index (χ4v) is 11.0. The highest BCUT2D eigenvalue weighted by atomic mass is 16.7. The number of carbonyl (C=O) groups is 4. The van der Waals surface area contributed by atoms with Crippen LogP contribution in [0.5, 0.6) is 17.2 Å². The smallest absolute Gasteiger partial charge is 0.315 e. The van der Waals surface area contributed by atoms with Gasteiger partial charge in [0.05, 0.1) is 40.9 Å². The number of ether oxygens (including phenoxy) is 4. The number of nitrogens with zero attached hydrogens (tertiary/aromatic N) is 6. The molecule has 2 fully saturated rings. The maximum Gasteiger partial charge on any atom is 0.315 e. The summed E-state index contributed by atoms with van der Waals surface area (Å²) < 4.78 is 24.7. The Labute approximate surface area is 434 Å². The molecule has 2 aromatic carbocycles.